The maximum Gasteiger partial charge on any atom is 0.166 e. The van der Waals surface area contributed by atoms with Gasteiger partial charge in [-0.2, -0.15) is 0 Å². The topological polar surface area (TPSA) is 18.5 Å². The van der Waals surface area contributed by atoms with Gasteiger partial charge in [0.25, 0.3) is 0 Å². The number of benzene rings is 2. The van der Waals surface area contributed by atoms with Crippen molar-refractivity contribution in [2.45, 2.75) is 19.4 Å². The monoisotopic (exact) mass is 372 g/mol. The minimum Gasteiger partial charge on any atom is -0.490 e. The van der Waals surface area contributed by atoms with Gasteiger partial charge in [0.1, 0.15) is 12.4 Å². The summed E-state index contributed by atoms with van der Waals surface area (Å²) < 4.78 is 25.2. The SMILES string of the molecule is CCOc1cccc(CCl)c1OCc1ccc(F)cc1Br. The van der Waals surface area contributed by atoms with E-state index < -0.39 is 0 Å². The molecule has 0 aliphatic heterocycles. The van der Waals surface area contributed by atoms with Crippen LogP contribution < -0.4 is 9.47 Å². The van der Waals surface area contributed by atoms with E-state index in [1.807, 2.05) is 25.1 Å². The van der Waals surface area contributed by atoms with Gasteiger partial charge in [-0.15, -0.1) is 11.6 Å². The normalized spacial score (nSPS) is 10.5. The standard InChI is InChI=1S/C16H15BrClFO2/c1-2-20-15-5-3-4-11(9-18)16(15)21-10-12-6-7-13(19)8-14(12)17/h3-8H,2,9-10H2,1H3. The van der Waals surface area contributed by atoms with Crippen LogP contribution in [-0.2, 0) is 12.5 Å². The summed E-state index contributed by atoms with van der Waals surface area (Å²) in [7, 11) is 0. The molecule has 0 bridgehead atoms. The van der Waals surface area contributed by atoms with E-state index in [0.29, 0.717) is 35.1 Å². The van der Waals surface area contributed by atoms with Gasteiger partial charge < -0.3 is 9.47 Å². The number of hydrogen-bond donors (Lipinski definition) is 0. The van der Waals surface area contributed by atoms with Crippen LogP contribution in [-0.4, -0.2) is 6.61 Å². The van der Waals surface area contributed by atoms with Crippen LogP contribution in [0.15, 0.2) is 40.9 Å². The average molecular weight is 374 g/mol. The zero-order valence-corrected chi connectivity index (χ0v) is 13.9. The molecule has 0 saturated heterocycles. The fourth-order valence-corrected chi connectivity index (χ4v) is 2.56. The summed E-state index contributed by atoms with van der Waals surface area (Å²) in [4.78, 5) is 0. The van der Waals surface area contributed by atoms with Gasteiger partial charge in [0.15, 0.2) is 11.5 Å². The van der Waals surface area contributed by atoms with Gasteiger partial charge in [0.2, 0.25) is 0 Å². The van der Waals surface area contributed by atoms with Crippen LogP contribution in [0.2, 0.25) is 0 Å². The molecular weight excluding hydrogens is 359 g/mol. The lowest BCUT2D eigenvalue weighted by molar-refractivity contribution is 0.267. The highest BCUT2D eigenvalue weighted by Gasteiger charge is 2.11. The summed E-state index contributed by atoms with van der Waals surface area (Å²) in [6, 6.07) is 10.1. The molecule has 0 saturated carbocycles. The third-order valence-corrected chi connectivity index (χ3v) is 3.92. The highest BCUT2D eigenvalue weighted by Crippen LogP contribution is 2.33. The Morgan fingerprint density at radius 3 is 2.62 bits per heavy atom. The predicted octanol–water partition coefficient (Wildman–Crippen LogP) is 5.30. The Labute approximate surface area is 137 Å². The molecule has 0 heterocycles. The smallest absolute Gasteiger partial charge is 0.166 e. The van der Waals surface area contributed by atoms with Crippen molar-refractivity contribution in [2.24, 2.45) is 0 Å². The van der Waals surface area contributed by atoms with Crippen LogP contribution in [0.3, 0.4) is 0 Å². The van der Waals surface area contributed by atoms with E-state index in [1.165, 1.54) is 12.1 Å². The Morgan fingerprint density at radius 2 is 1.95 bits per heavy atom. The molecule has 21 heavy (non-hydrogen) atoms. The van der Waals surface area contributed by atoms with Gasteiger partial charge in [-0.25, -0.2) is 4.39 Å². The first kappa shape index (κ1) is 16.1. The van der Waals surface area contributed by atoms with Crippen LogP contribution in [0.1, 0.15) is 18.1 Å². The van der Waals surface area contributed by atoms with Crippen molar-refractivity contribution < 1.29 is 13.9 Å². The summed E-state index contributed by atoms with van der Waals surface area (Å²) >= 11 is 9.27. The third-order valence-electron chi connectivity index (χ3n) is 2.89. The van der Waals surface area contributed by atoms with Crippen molar-refractivity contribution in [3.05, 3.63) is 57.8 Å². The van der Waals surface area contributed by atoms with Crippen LogP contribution in [0, 0.1) is 5.82 Å². The number of para-hydroxylation sites is 1. The van der Waals surface area contributed by atoms with Crippen LogP contribution in [0.5, 0.6) is 11.5 Å². The lowest BCUT2D eigenvalue weighted by Gasteiger charge is -2.15. The first-order valence-electron chi connectivity index (χ1n) is 6.53. The first-order valence-corrected chi connectivity index (χ1v) is 7.85. The molecule has 0 aliphatic carbocycles. The maximum atomic E-state index is 13.1. The zero-order valence-electron chi connectivity index (χ0n) is 11.5. The molecule has 5 heteroatoms. The summed E-state index contributed by atoms with van der Waals surface area (Å²) in [5, 5.41) is 0. The number of ether oxygens (including phenoxy) is 2. The second kappa shape index (κ2) is 7.66. The van der Waals surface area contributed by atoms with Gasteiger partial charge in [-0.3, -0.25) is 0 Å². The molecule has 0 fully saturated rings. The highest BCUT2D eigenvalue weighted by molar-refractivity contribution is 9.10. The largest absolute Gasteiger partial charge is 0.490 e. The summed E-state index contributed by atoms with van der Waals surface area (Å²) in [6.45, 7) is 2.75. The number of alkyl halides is 1. The molecule has 2 rings (SSSR count). The summed E-state index contributed by atoms with van der Waals surface area (Å²) in [5.74, 6) is 1.34. The first-order chi connectivity index (χ1) is 10.2. The Kier molecular flexibility index (Phi) is 5.88. The van der Waals surface area contributed by atoms with Crippen molar-refractivity contribution in [3.8, 4) is 11.5 Å². The lowest BCUT2D eigenvalue weighted by Crippen LogP contribution is -2.02. The lowest BCUT2D eigenvalue weighted by atomic mass is 10.2. The molecule has 2 aromatic rings. The molecule has 0 N–H and O–H groups in total. The summed E-state index contributed by atoms with van der Waals surface area (Å²) in [6.07, 6.45) is 0. The van der Waals surface area contributed by atoms with E-state index in [9.17, 15) is 4.39 Å². The van der Waals surface area contributed by atoms with Gasteiger partial charge in [-0.05, 0) is 25.1 Å². The predicted molar refractivity (Wildman–Crippen MR) is 85.6 cm³/mol. The van der Waals surface area contributed by atoms with Crippen LogP contribution in [0.25, 0.3) is 0 Å². The molecule has 112 valence electrons. The van der Waals surface area contributed by atoms with Gasteiger partial charge in [0, 0.05) is 15.6 Å². The van der Waals surface area contributed by atoms with E-state index in [-0.39, 0.29) is 5.82 Å². The van der Waals surface area contributed by atoms with Gasteiger partial charge >= 0.3 is 0 Å². The molecule has 2 nitrogen and oxygen atoms in total. The van der Waals surface area contributed by atoms with Crippen LogP contribution >= 0.6 is 27.5 Å². The number of halogens is 3. The van der Waals surface area contributed by atoms with E-state index in [2.05, 4.69) is 15.9 Å². The minimum atomic E-state index is -0.290. The fraction of sp³-hybridized carbons (Fsp3) is 0.250. The number of rotatable bonds is 6. The fourth-order valence-electron chi connectivity index (χ4n) is 1.89. The molecule has 0 spiro atoms. The molecule has 0 atom stereocenters. The third kappa shape index (κ3) is 4.11. The average Bonchev–Trinajstić information content (AvgIpc) is 2.47. The molecular formula is C16H15BrClFO2. The van der Waals surface area contributed by atoms with Crippen molar-refractivity contribution in [1.29, 1.82) is 0 Å². The Morgan fingerprint density at radius 1 is 1.14 bits per heavy atom. The molecule has 0 unspecified atom stereocenters. The van der Waals surface area contributed by atoms with Crippen molar-refractivity contribution in [3.63, 3.8) is 0 Å². The van der Waals surface area contributed by atoms with Crippen LogP contribution in [0.4, 0.5) is 4.39 Å². The molecule has 2 aromatic carbocycles. The summed E-state index contributed by atoms with van der Waals surface area (Å²) in [5.41, 5.74) is 1.71. The van der Waals surface area contributed by atoms with E-state index >= 15 is 0 Å². The quantitative estimate of drug-likeness (QED) is 0.639. The Balaban J connectivity index is 2.22. The second-order valence-electron chi connectivity index (χ2n) is 4.34. The highest BCUT2D eigenvalue weighted by atomic mass is 79.9. The van der Waals surface area contributed by atoms with Gasteiger partial charge in [-0.1, -0.05) is 34.1 Å². The van der Waals surface area contributed by atoms with Gasteiger partial charge in [0.05, 0.1) is 12.5 Å². The van der Waals surface area contributed by atoms with Crippen molar-refractivity contribution in [2.75, 3.05) is 6.61 Å². The maximum absolute atomic E-state index is 13.1. The molecule has 0 amide bonds. The minimum absolute atomic E-state index is 0.290. The second-order valence-corrected chi connectivity index (χ2v) is 5.46. The Hall–Kier alpha value is -1.26. The van der Waals surface area contributed by atoms with E-state index in [1.54, 1.807) is 6.07 Å². The molecule has 0 aromatic heterocycles. The van der Waals surface area contributed by atoms with Crippen molar-refractivity contribution >= 4 is 27.5 Å². The van der Waals surface area contributed by atoms with E-state index in [0.717, 1.165) is 11.1 Å². The van der Waals surface area contributed by atoms with Crippen molar-refractivity contribution in [1.82, 2.24) is 0 Å². The molecule has 0 aliphatic rings. The molecule has 0 radical (unpaired) electrons. The number of hydrogen-bond acceptors (Lipinski definition) is 2. The Bertz CT molecular complexity index is 619. The zero-order chi connectivity index (χ0) is 15.2. The van der Waals surface area contributed by atoms with E-state index in [4.69, 9.17) is 21.1 Å².